The van der Waals surface area contributed by atoms with E-state index in [0.717, 1.165) is 65.4 Å². The van der Waals surface area contributed by atoms with Gasteiger partial charge in [-0.3, -0.25) is 19.6 Å². The Balaban J connectivity index is 1.38. The number of anilines is 3. The minimum Gasteiger partial charge on any atom is -0.338 e. The number of fused-ring (bicyclic) bond motifs is 1. The maximum absolute atomic E-state index is 13.3. The number of aromatic nitrogens is 3. The number of halogens is 1. The van der Waals surface area contributed by atoms with Gasteiger partial charge in [0.1, 0.15) is 11.6 Å². The number of carbonyl (C=O) groups excluding carboxylic acids is 1. The van der Waals surface area contributed by atoms with Crippen LogP contribution in [-0.4, -0.2) is 51.2 Å². The molecule has 0 saturated heterocycles. The molecule has 1 aliphatic carbocycles. The zero-order chi connectivity index (χ0) is 26.9. The molecule has 2 aromatic carbocycles. The first-order chi connectivity index (χ1) is 19.0. The van der Waals surface area contributed by atoms with Crippen molar-refractivity contribution in [1.82, 2.24) is 19.7 Å². The molecule has 1 N–H and O–H groups in total. The number of amides is 1. The molecule has 2 atom stereocenters. The Hall–Kier alpha value is -4.53. The summed E-state index contributed by atoms with van der Waals surface area (Å²) in [6.07, 6.45) is 5.17. The molecule has 0 radical (unpaired) electrons. The van der Waals surface area contributed by atoms with E-state index >= 15 is 0 Å². The first-order valence-corrected chi connectivity index (χ1v) is 13.2. The molecule has 0 spiro atoms. The molecular weight excluding hydrogens is 493 g/mol. The van der Waals surface area contributed by atoms with Crippen LogP contribution >= 0.6 is 0 Å². The van der Waals surface area contributed by atoms with Crippen molar-refractivity contribution in [3.8, 4) is 11.3 Å². The van der Waals surface area contributed by atoms with Gasteiger partial charge in [-0.1, -0.05) is 42.5 Å². The van der Waals surface area contributed by atoms with Gasteiger partial charge in [-0.2, -0.15) is 5.10 Å². The zero-order valence-electron chi connectivity index (χ0n) is 22.0. The summed E-state index contributed by atoms with van der Waals surface area (Å²) in [6, 6.07) is 21.5. The van der Waals surface area contributed by atoms with Crippen LogP contribution in [0.5, 0.6) is 0 Å². The maximum Gasteiger partial charge on any atom is 0.216 e. The Morgan fingerprint density at radius 2 is 1.87 bits per heavy atom. The minimum absolute atomic E-state index is 0.165. The van der Waals surface area contributed by atoms with Crippen LogP contribution in [0.4, 0.5) is 21.7 Å². The highest BCUT2D eigenvalue weighted by atomic mass is 19.1. The maximum atomic E-state index is 13.3. The quantitative estimate of drug-likeness (QED) is 0.330. The number of guanidine groups is 1. The number of rotatable bonds is 7. The molecule has 198 valence electrons. The number of nitrogens with zero attached hydrogens (tertiary/aromatic N) is 6. The normalized spacial score (nSPS) is 18.1. The van der Waals surface area contributed by atoms with Crippen molar-refractivity contribution in [2.45, 2.75) is 44.8 Å². The third-order valence-electron chi connectivity index (χ3n) is 7.48. The third-order valence-corrected chi connectivity index (χ3v) is 7.48. The molecule has 1 unspecified atom stereocenters. The average molecular weight is 524 g/mol. The molecule has 2 aliphatic rings. The van der Waals surface area contributed by atoms with Gasteiger partial charge in [-0.15, -0.1) is 0 Å². The molecule has 8 nitrogen and oxygen atoms in total. The van der Waals surface area contributed by atoms with E-state index in [1.54, 1.807) is 18.0 Å². The monoisotopic (exact) mass is 523 g/mol. The van der Waals surface area contributed by atoms with E-state index < -0.39 is 0 Å². The summed E-state index contributed by atoms with van der Waals surface area (Å²) in [5.74, 6) is 2.00. The molecule has 3 heterocycles. The van der Waals surface area contributed by atoms with E-state index in [2.05, 4.69) is 22.1 Å². The first kappa shape index (κ1) is 24.8. The highest BCUT2D eigenvalue weighted by Gasteiger charge is 2.43. The van der Waals surface area contributed by atoms with Crippen molar-refractivity contribution < 1.29 is 9.18 Å². The van der Waals surface area contributed by atoms with Crippen LogP contribution in [-0.2, 0) is 11.3 Å². The first-order valence-electron chi connectivity index (χ1n) is 13.2. The van der Waals surface area contributed by atoms with Crippen LogP contribution in [0.25, 0.3) is 11.3 Å². The number of nitrogens with one attached hydrogen (secondary N) is 1. The standard InChI is InChI=1S/C30H30FN7O/c1-20-28(33-24-7-4-3-5-8-24)35-37(18-21-11-13-22(14-12-21)25-16-15-23(31)17-32-25)29(20)38-27-10-6-9-26(27)34-30(38)36(2)19-39/h3-5,7-8,11-17,19,26-27H,6,9-10,18H2,1-2H3,(H,33,35)/t26?,27-/m0/s1. The van der Waals surface area contributed by atoms with Gasteiger partial charge < -0.3 is 5.32 Å². The topological polar surface area (TPSA) is 78.7 Å². The number of pyridine rings is 1. The van der Waals surface area contributed by atoms with Crippen LogP contribution in [0.1, 0.15) is 30.4 Å². The van der Waals surface area contributed by atoms with Gasteiger partial charge in [-0.25, -0.2) is 14.1 Å². The highest BCUT2D eigenvalue weighted by Crippen LogP contribution is 2.40. The fraction of sp³-hybridized carbons (Fsp3) is 0.267. The molecule has 6 rings (SSSR count). The molecule has 39 heavy (non-hydrogen) atoms. The second-order valence-electron chi connectivity index (χ2n) is 10.1. The lowest BCUT2D eigenvalue weighted by Crippen LogP contribution is -2.45. The van der Waals surface area contributed by atoms with Gasteiger partial charge in [-0.05, 0) is 56.0 Å². The third kappa shape index (κ3) is 4.76. The number of benzene rings is 2. The Kier molecular flexibility index (Phi) is 6.56. The molecule has 1 amide bonds. The lowest BCUT2D eigenvalue weighted by Gasteiger charge is -2.30. The molecule has 1 fully saturated rings. The van der Waals surface area contributed by atoms with Gasteiger partial charge in [0.2, 0.25) is 12.4 Å². The number of carbonyl (C=O) groups is 1. The van der Waals surface area contributed by atoms with Crippen LogP contribution in [0.3, 0.4) is 0 Å². The van der Waals surface area contributed by atoms with Crippen molar-refractivity contribution in [2.24, 2.45) is 4.99 Å². The predicted octanol–water partition coefficient (Wildman–Crippen LogP) is 5.37. The van der Waals surface area contributed by atoms with E-state index in [1.807, 2.05) is 59.3 Å². The van der Waals surface area contributed by atoms with E-state index in [4.69, 9.17) is 10.1 Å². The number of hydrogen-bond acceptors (Lipinski definition) is 6. The predicted molar refractivity (Wildman–Crippen MR) is 151 cm³/mol. The van der Waals surface area contributed by atoms with Crippen molar-refractivity contribution >= 4 is 29.7 Å². The van der Waals surface area contributed by atoms with Gasteiger partial charge in [0, 0.05) is 23.9 Å². The summed E-state index contributed by atoms with van der Waals surface area (Å²) in [5, 5.41) is 8.49. The van der Waals surface area contributed by atoms with Crippen molar-refractivity contribution in [3.05, 3.63) is 89.9 Å². The summed E-state index contributed by atoms with van der Waals surface area (Å²) in [5.41, 5.74) is 4.63. The molecule has 1 saturated carbocycles. The number of para-hydroxylation sites is 1. The summed E-state index contributed by atoms with van der Waals surface area (Å²) in [7, 11) is 1.75. The van der Waals surface area contributed by atoms with Crippen molar-refractivity contribution in [2.75, 3.05) is 17.3 Å². The largest absolute Gasteiger partial charge is 0.338 e. The van der Waals surface area contributed by atoms with Crippen LogP contribution < -0.4 is 10.2 Å². The minimum atomic E-state index is -0.355. The summed E-state index contributed by atoms with van der Waals surface area (Å²) >= 11 is 0. The smallest absolute Gasteiger partial charge is 0.216 e. The van der Waals surface area contributed by atoms with E-state index in [1.165, 1.54) is 12.3 Å². The van der Waals surface area contributed by atoms with E-state index in [9.17, 15) is 9.18 Å². The van der Waals surface area contributed by atoms with Crippen molar-refractivity contribution in [1.29, 1.82) is 0 Å². The van der Waals surface area contributed by atoms with Gasteiger partial charge in [0.15, 0.2) is 5.82 Å². The van der Waals surface area contributed by atoms with Gasteiger partial charge >= 0.3 is 0 Å². The van der Waals surface area contributed by atoms with Crippen LogP contribution in [0.15, 0.2) is 77.9 Å². The molecular formula is C30H30FN7O. The fourth-order valence-electron chi connectivity index (χ4n) is 5.53. The Morgan fingerprint density at radius 3 is 2.59 bits per heavy atom. The molecule has 1 aliphatic heterocycles. The Bertz CT molecular complexity index is 1500. The van der Waals surface area contributed by atoms with Crippen molar-refractivity contribution in [3.63, 3.8) is 0 Å². The second kappa shape index (κ2) is 10.3. The second-order valence-corrected chi connectivity index (χ2v) is 10.1. The number of hydrogen-bond donors (Lipinski definition) is 1. The Labute approximate surface area is 226 Å². The summed E-state index contributed by atoms with van der Waals surface area (Å²) < 4.78 is 15.3. The fourth-order valence-corrected chi connectivity index (χ4v) is 5.53. The molecule has 9 heteroatoms. The summed E-state index contributed by atoms with van der Waals surface area (Å²) in [6.45, 7) is 2.59. The molecule has 0 bridgehead atoms. The van der Waals surface area contributed by atoms with Gasteiger partial charge in [0.25, 0.3) is 0 Å². The summed E-state index contributed by atoms with van der Waals surface area (Å²) in [4.78, 5) is 24.7. The molecule has 4 aromatic rings. The zero-order valence-corrected chi connectivity index (χ0v) is 22.0. The van der Waals surface area contributed by atoms with Gasteiger partial charge in [0.05, 0.1) is 30.5 Å². The van der Waals surface area contributed by atoms with E-state index in [0.29, 0.717) is 12.5 Å². The SMILES string of the molecule is Cc1c(Nc2ccccc2)nn(Cc2ccc(-c3ccc(F)cn3)cc2)c1N1C(N(C)C=O)=NC2CCC[C@@H]21. The highest BCUT2D eigenvalue weighted by molar-refractivity contribution is 6.03. The molecule has 2 aromatic heterocycles. The lowest BCUT2D eigenvalue weighted by molar-refractivity contribution is -0.114. The van der Waals surface area contributed by atoms with Crippen LogP contribution in [0.2, 0.25) is 0 Å². The van der Waals surface area contributed by atoms with Crippen LogP contribution in [0, 0.1) is 12.7 Å². The number of aliphatic imine (C=N–C) groups is 1. The average Bonchev–Trinajstić information content (AvgIpc) is 3.64. The Morgan fingerprint density at radius 1 is 1.08 bits per heavy atom. The lowest BCUT2D eigenvalue weighted by atomic mass is 10.1. The van der Waals surface area contributed by atoms with E-state index in [-0.39, 0.29) is 17.9 Å².